The average molecular weight is 253 g/mol. The van der Waals surface area contributed by atoms with E-state index in [4.69, 9.17) is 0 Å². The van der Waals surface area contributed by atoms with Gasteiger partial charge in [0, 0.05) is 43.6 Å². The molecule has 0 amide bonds. The van der Waals surface area contributed by atoms with Gasteiger partial charge in [-0.3, -0.25) is 4.90 Å². The number of hydrogen-bond acceptors (Lipinski definition) is 4. The summed E-state index contributed by atoms with van der Waals surface area (Å²) in [5, 5.41) is 9.21. The molecule has 2 N–H and O–H groups in total. The van der Waals surface area contributed by atoms with Gasteiger partial charge < -0.3 is 10.6 Å². The fourth-order valence-electron chi connectivity index (χ4n) is 2.22. The summed E-state index contributed by atoms with van der Waals surface area (Å²) in [5.41, 5.74) is 1.44. The monoisotopic (exact) mass is 253 g/mol. The van der Waals surface area contributed by atoms with Crippen LogP contribution < -0.4 is 10.6 Å². The molecule has 1 aliphatic rings. The van der Waals surface area contributed by atoms with Gasteiger partial charge in [0.1, 0.15) is 0 Å². The predicted octanol–water partition coefficient (Wildman–Crippen LogP) is 1.09. The van der Waals surface area contributed by atoms with Crippen molar-refractivity contribution in [1.29, 1.82) is 0 Å². The van der Waals surface area contributed by atoms with Crippen LogP contribution in [0.1, 0.15) is 10.4 Å². The zero-order chi connectivity index (χ0) is 12.1. The first kappa shape index (κ1) is 13.0. The van der Waals surface area contributed by atoms with E-state index in [2.05, 4.69) is 41.0 Å². The van der Waals surface area contributed by atoms with Crippen molar-refractivity contribution in [2.24, 2.45) is 0 Å². The maximum absolute atomic E-state index is 3.58. The first-order chi connectivity index (χ1) is 8.27. The van der Waals surface area contributed by atoms with Gasteiger partial charge in [-0.2, -0.15) is 0 Å². The quantitative estimate of drug-likeness (QED) is 0.769. The summed E-state index contributed by atoms with van der Waals surface area (Å²) >= 11 is 1.87. The number of nitrogens with zero attached hydrogens (tertiary/aromatic N) is 1. The molecule has 96 valence electrons. The zero-order valence-corrected chi connectivity index (χ0v) is 11.6. The van der Waals surface area contributed by atoms with Crippen molar-refractivity contribution in [3.05, 3.63) is 21.9 Å². The van der Waals surface area contributed by atoms with E-state index in [9.17, 15) is 0 Å². The van der Waals surface area contributed by atoms with Crippen molar-refractivity contribution in [3.8, 4) is 0 Å². The minimum atomic E-state index is 0.646. The van der Waals surface area contributed by atoms with Crippen molar-refractivity contribution >= 4 is 11.3 Å². The van der Waals surface area contributed by atoms with Crippen LogP contribution >= 0.6 is 11.3 Å². The van der Waals surface area contributed by atoms with E-state index in [0.29, 0.717) is 6.04 Å². The summed E-state index contributed by atoms with van der Waals surface area (Å²) in [4.78, 5) is 3.97. The van der Waals surface area contributed by atoms with E-state index in [0.717, 1.165) is 39.1 Å². The van der Waals surface area contributed by atoms with Gasteiger partial charge >= 0.3 is 0 Å². The highest BCUT2D eigenvalue weighted by Crippen LogP contribution is 2.15. The summed E-state index contributed by atoms with van der Waals surface area (Å²) in [6, 6.07) is 2.85. The molecule has 0 radical (unpaired) electrons. The average Bonchev–Trinajstić information content (AvgIpc) is 2.73. The summed E-state index contributed by atoms with van der Waals surface area (Å²) < 4.78 is 0. The Kier molecular flexibility index (Phi) is 4.98. The molecule has 1 aromatic rings. The van der Waals surface area contributed by atoms with E-state index in [1.165, 1.54) is 10.4 Å². The van der Waals surface area contributed by atoms with Gasteiger partial charge in [0.25, 0.3) is 0 Å². The molecule has 17 heavy (non-hydrogen) atoms. The number of aryl methyl sites for hydroxylation is 1. The molecule has 4 heteroatoms. The Balaban J connectivity index is 1.64. The molecule has 1 saturated heterocycles. The zero-order valence-electron chi connectivity index (χ0n) is 10.8. The fourth-order valence-corrected chi connectivity index (χ4v) is 3.13. The highest BCUT2D eigenvalue weighted by molar-refractivity contribution is 7.10. The lowest BCUT2D eigenvalue weighted by molar-refractivity contribution is 0.196. The van der Waals surface area contributed by atoms with Crippen LogP contribution in [-0.2, 0) is 6.42 Å². The SMILES string of the molecule is Cc1ccsc1CCNCC1CNCCN1C. The maximum atomic E-state index is 3.58. The number of likely N-dealkylation sites (N-methyl/N-ethyl adjacent to an activating group) is 1. The van der Waals surface area contributed by atoms with Crippen LogP contribution in [0, 0.1) is 6.92 Å². The molecular formula is C13H23N3S. The third-order valence-electron chi connectivity index (χ3n) is 3.52. The van der Waals surface area contributed by atoms with Crippen molar-refractivity contribution in [2.75, 3.05) is 39.8 Å². The molecule has 2 rings (SSSR count). The van der Waals surface area contributed by atoms with Crippen LogP contribution in [0.25, 0.3) is 0 Å². The molecule has 0 bridgehead atoms. The van der Waals surface area contributed by atoms with Gasteiger partial charge in [-0.15, -0.1) is 11.3 Å². The van der Waals surface area contributed by atoms with E-state index >= 15 is 0 Å². The molecule has 0 aromatic carbocycles. The molecule has 0 saturated carbocycles. The van der Waals surface area contributed by atoms with E-state index in [1.807, 2.05) is 11.3 Å². The third-order valence-corrected chi connectivity index (χ3v) is 4.60. The highest BCUT2D eigenvalue weighted by atomic mass is 32.1. The van der Waals surface area contributed by atoms with Gasteiger partial charge in [-0.1, -0.05) is 0 Å². The predicted molar refractivity (Wildman–Crippen MR) is 74.9 cm³/mol. The molecule has 1 unspecified atom stereocenters. The summed E-state index contributed by atoms with van der Waals surface area (Å²) in [5.74, 6) is 0. The van der Waals surface area contributed by atoms with Crippen LogP contribution in [0.5, 0.6) is 0 Å². The Labute approximate surface area is 108 Å². The van der Waals surface area contributed by atoms with Crippen molar-refractivity contribution in [3.63, 3.8) is 0 Å². The molecule has 3 nitrogen and oxygen atoms in total. The summed E-state index contributed by atoms with van der Waals surface area (Å²) in [6.45, 7) is 7.78. The van der Waals surface area contributed by atoms with Crippen LogP contribution in [0.2, 0.25) is 0 Å². The maximum Gasteiger partial charge on any atom is 0.0342 e. The molecule has 1 aliphatic heterocycles. The Morgan fingerprint density at radius 3 is 3.18 bits per heavy atom. The third kappa shape index (κ3) is 3.78. The molecule has 0 aliphatic carbocycles. The van der Waals surface area contributed by atoms with Gasteiger partial charge in [0.2, 0.25) is 0 Å². The number of thiophene rings is 1. The second-order valence-corrected chi connectivity index (χ2v) is 5.82. The van der Waals surface area contributed by atoms with Crippen LogP contribution in [-0.4, -0.2) is 50.7 Å². The summed E-state index contributed by atoms with van der Waals surface area (Å²) in [6.07, 6.45) is 1.16. The lowest BCUT2D eigenvalue weighted by Crippen LogP contribution is -2.53. The van der Waals surface area contributed by atoms with Crippen LogP contribution in [0.4, 0.5) is 0 Å². The van der Waals surface area contributed by atoms with Gasteiger partial charge in [0.15, 0.2) is 0 Å². The topological polar surface area (TPSA) is 27.3 Å². The second-order valence-electron chi connectivity index (χ2n) is 4.82. The molecule has 0 spiro atoms. The van der Waals surface area contributed by atoms with Gasteiger partial charge in [0.05, 0.1) is 0 Å². The lowest BCUT2D eigenvalue weighted by Gasteiger charge is -2.33. The Bertz CT molecular complexity index is 337. The Morgan fingerprint density at radius 1 is 1.59 bits per heavy atom. The first-order valence-corrected chi connectivity index (χ1v) is 7.30. The molecule has 1 atom stereocenters. The van der Waals surface area contributed by atoms with Crippen LogP contribution in [0.15, 0.2) is 11.4 Å². The highest BCUT2D eigenvalue weighted by Gasteiger charge is 2.17. The fraction of sp³-hybridized carbons (Fsp3) is 0.692. The van der Waals surface area contributed by atoms with E-state index < -0.39 is 0 Å². The largest absolute Gasteiger partial charge is 0.315 e. The number of rotatable bonds is 5. The van der Waals surface area contributed by atoms with E-state index in [-0.39, 0.29) is 0 Å². The van der Waals surface area contributed by atoms with Crippen molar-refractivity contribution in [2.45, 2.75) is 19.4 Å². The Hall–Kier alpha value is -0.420. The minimum Gasteiger partial charge on any atom is -0.315 e. The molecule has 2 heterocycles. The van der Waals surface area contributed by atoms with Crippen molar-refractivity contribution in [1.82, 2.24) is 15.5 Å². The van der Waals surface area contributed by atoms with Crippen molar-refractivity contribution < 1.29 is 0 Å². The molecular weight excluding hydrogens is 230 g/mol. The molecule has 1 aromatic heterocycles. The first-order valence-electron chi connectivity index (χ1n) is 6.42. The van der Waals surface area contributed by atoms with Gasteiger partial charge in [-0.25, -0.2) is 0 Å². The minimum absolute atomic E-state index is 0.646. The standard InChI is InChI=1S/C13H23N3S/c1-11-4-8-17-13(11)3-5-14-9-12-10-15-6-7-16(12)2/h4,8,12,14-15H,3,5-7,9-10H2,1-2H3. The van der Waals surface area contributed by atoms with E-state index in [1.54, 1.807) is 0 Å². The molecule has 1 fully saturated rings. The smallest absolute Gasteiger partial charge is 0.0342 e. The Morgan fingerprint density at radius 2 is 2.47 bits per heavy atom. The van der Waals surface area contributed by atoms with Gasteiger partial charge in [-0.05, 0) is 37.4 Å². The number of hydrogen-bond donors (Lipinski definition) is 2. The number of piperazine rings is 1. The number of nitrogens with one attached hydrogen (secondary N) is 2. The summed E-state index contributed by atoms with van der Waals surface area (Å²) in [7, 11) is 2.22. The normalized spacial score (nSPS) is 21.9. The second kappa shape index (κ2) is 6.50. The van der Waals surface area contributed by atoms with Crippen LogP contribution in [0.3, 0.4) is 0 Å². The lowest BCUT2D eigenvalue weighted by atomic mass is 10.2.